The molecule has 2 aliphatic rings. The number of carbonyl (C=O) groups excluding carboxylic acids is 2. The molecule has 0 radical (unpaired) electrons. The van der Waals surface area contributed by atoms with Crippen LogP contribution in [0.4, 0.5) is 13.2 Å². The van der Waals surface area contributed by atoms with Gasteiger partial charge in [-0.2, -0.15) is 13.2 Å². The van der Waals surface area contributed by atoms with Gasteiger partial charge >= 0.3 is 12.1 Å². The van der Waals surface area contributed by atoms with Crippen molar-refractivity contribution >= 4 is 17.8 Å². The quantitative estimate of drug-likeness (QED) is 0.400. The number of benzene rings is 2. The van der Waals surface area contributed by atoms with E-state index < -0.39 is 12.1 Å². The number of aliphatic carboxylic acids is 1. The summed E-state index contributed by atoms with van der Waals surface area (Å²) < 4.78 is 37.0. The first-order valence-corrected chi connectivity index (χ1v) is 13.7. The Morgan fingerprint density at radius 3 is 2.05 bits per heavy atom. The SMILES string of the molecule is Cc1cccc(C)c1C(=O)N1CC2CN(CCC(NC(=O)c3ccco3)c3ccccc3)C[C@H]2C1.O=C(O)C(F)(F)F. The Bertz CT molecular complexity index is 1340. The molecule has 3 aromatic rings. The molecule has 2 N–H and O–H groups in total. The number of carboxylic acid groups (broad SMARTS) is 1. The second-order valence-corrected chi connectivity index (χ2v) is 10.8. The first kappa shape index (κ1) is 30.8. The van der Waals surface area contributed by atoms with Crippen LogP contribution in [0.1, 0.15) is 50.1 Å². The zero-order valence-electron chi connectivity index (χ0n) is 23.4. The van der Waals surface area contributed by atoms with Crippen molar-refractivity contribution in [1.82, 2.24) is 15.1 Å². The van der Waals surface area contributed by atoms with Crippen molar-refractivity contribution < 1.29 is 37.1 Å². The summed E-state index contributed by atoms with van der Waals surface area (Å²) in [5.41, 5.74) is 4.06. The van der Waals surface area contributed by atoms with Gasteiger partial charge in [0, 0.05) is 38.3 Å². The van der Waals surface area contributed by atoms with Gasteiger partial charge in [0.2, 0.25) is 0 Å². The van der Waals surface area contributed by atoms with Crippen molar-refractivity contribution in [3.63, 3.8) is 0 Å². The number of hydrogen-bond donors (Lipinski definition) is 2. The molecule has 2 aromatic carbocycles. The highest BCUT2D eigenvalue weighted by Gasteiger charge is 2.42. The monoisotopic (exact) mass is 585 g/mol. The molecule has 1 aromatic heterocycles. The van der Waals surface area contributed by atoms with Crippen LogP contribution in [0.2, 0.25) is 0 Å². The van der Waals surface area contributed by atoms with E-state index in [1.807, 2.05) is 50.2 Å². The normalized spacial score (nSPS) is 19.0. The van der Waals surface area contributed by atoms with Crippen molar-refractivity contribution in [2.24, 2.45) is 11.8 Å². The van der Waals surface area contributed by atoms with E-state index in [4.69, 9.17) is 14.3 Å². The maximum atomic E-state index is 13.2. The van der Waals surface area contributed by atoms with Gasteiger partial charge in [0.05, 0.1) is 12.3 Å². The zero-order chi connectivity index (χ0) is 30.4. The van der Waals surface area contributed by atoms with Gasteiger partial charge in [-0.05, 0) is 60.9 Å². The second-order valence-electron chi connectivity index (χ2n) is 10.8. The molecule has 3 heterocycles. The predicted octanol–water partition coefficient (Wildman–Crippen LogP) is 5.09. The summed E-state index contributed by atoms with van der Waals surface area (Å²) in [5.74, 6) is -1.43. The highest BCUT2D eigenvalue weighted by molar-refractivity contribution is 5.97. The van der Waals surface area contributed by atoms with Crippen LogP contribution in [-0.4, -0.2) is 71.6 Å². The Kier molecular flexibility index (Phi) is 9.72. The lowest BCUT2D eigenvalue weighted by atomic mass is 10.0. The smallest absolute Gasteiger partial charge is 0.475 e. The van der Waals surface area contributed by atoms with E-state index in [1.54, 1.807) is 12.1 Å². The Morgan fingerprint density at radius 2 is 1.52 bits per heavy atom. The predicted molar refractivity (Wildman–Crippen MR) is 149 cm³/mol. The number of furan rings is 1. The fourth-order valence-corrected chi connectivity index (χ4v) is 5.70. The van der Waals surface area contributed by atoms with Gasteiger partial charge in [-0.25, -0.2) is 4.79 Å². The lowest BCUT2D eigenvalue weighted by molar-refractivity contribution is -0.192. The number of aryl methyl sites for hydroxylation is 2. The van der Waals surface area contributed by atoms with E-state index in [0.29, 0.717) is 17.6 Å². The van der Waals surface area contributed by atoms with Crippen LogP contribution in [0.5, 0.6) is 0 Å². The fourth-order valence-electron chi connectivity index (χ4n) is 5.70. The lowest BCUT2D eigenvalue weighted by Gasteiger charge is -2.25. The summed E-state index contributed by atoms with van der Waals surface area (Å²) in [6.45, 7) is 8.58. The molecular formula is C31H34F3N3O5. The number of hydrogen-bond acceptors (Lipinski definition) is 5. The lowest BCUT2D eigenvalue weighted by Crippen LogP contribution is -2.35. The fraction of sp³-hybridized carbons (Fsp3) is 0.387. The number of carbonyl (C=O) groups is 3. The number of fused-ring (bicyclic) bond motifs is 1. The van der Waals surface area contributed by atoms with Crippen LogP contribution in [0.3, 0.4) is 0 Å². The van der Waals surface area contributed by atoms with Crippen molar-refractivity contribution in [2.75, 3.05) is 32.7 Å². The standard InChI is InChI=1S/C29H33N3O3.C2HF3O2/c1-20-8-6-9-21(2)27(20)29(34)32-18-23-16-31(17-24(23)19-32)14-13-25(22-10-4-3-5-11-22)30-28(33)26-12-7-15-35-26;3-2(4,5)1(6)7/h3-12,15,23-25H,13-14,16-19H2,1-2H3,(H,30,33);(H,6,7)/t23-,24?,25?;/m0./s1. The van der Waals surface area contributed by atoms with Crippen LogP contribution in [-0.2, 0) is 4.79 Å². The Hall–Kier alpha value is -4.12. The molecule has 0 bridgehead atoms. The summed E-state index contributed by atoms with van der Waals surface area (Å²) in [4.78, 5) is 39.3. The molecule has 3 atom stereocenters. The van der Waals surface area contributed by atoms with Crippen LogP contribution in [0, 0.1) is 25.7 Å². The molecule has 2 unspecified atom stereocenters. The van der Waals surface area contributed by atoms with E-state index >= 15 is 0 Å². The van der Waals surface area contributed by atoms with E-state index in [1.165, 1.54) is 6.26 Å². The van der Waals surface area contributed by atoms with Gasteiger partial charge in [0.1, 0.15) is 0 Å². The summed E-state index contributed by atoms with van der Waals surface area (Å²) in [5, 5.41) is 10.3. The second kappa shape index (κ2) is 13.2. The summed E-state index contributed by atoms with van der Waals surface area (Å²) in [6.07, 6.45) is -2.75. The number of likely N-dealkylation sites (tertiary alicyclic amines) is 2. The minimum Gasteiger partial charge on any atom is -0.475 e. The third-order valence-electron chi connectivity index (χ3n) is 7.77. The number of rotatable bonds is 7. The molecular weight excluding hydrogens is 551 g/mol. The van der Waals surface area contributed by atoms with Crippen molar-refractivity contribution in [2.45, 2.75) is 32.5 Å². The molecule has 0 saturated carbocycles. The Balaban J connectivity index is 0.000000517. The topological polar surface area (TPSA) is 103 Å². The van der Waals surface area contributed by atoms with E-state index in [9.17, 15) is 22.8 Å². The molecule has 42 heavy (non-hydrogen) atoms. The summed E-state index contributed by atoms with van der Waals surface area (Å²) in [7, 11) is 0. The number of alkyl halides is 3. The number of amides is 2. The minimum absolute atomic E-state index is 0.0867. The van der Waals surface area contributed by atoms with Crippen LogP contribution in [0.25, 0.3) is 0 Å². The van der Waals surface area contributed by atoms with E-state index in [-0.39, 0.29) is 17.9 Å². The van der Waals surface area contributed by atoms with Crippen molar-refractivity contribution in [1.29, 1.82) is 0 Å². The summed E-state index contributed by atoms with van der Waals surface area (Å²) >= 11 is 0. The average Bonchev–Trinajstić information content (AvgIpc) is 3.69. The third-order valence-corrected chi connectivity index (χ3v) is 7.77. The van der Waals surface area contributed by atoms with Gasteiger partial charge in [-0.15, -0.1) is 0 Å². The maximum Gasteiger partial charge on any atom is 0.490 e. The van der Waals surface area contributed by atoms with Crippen LogP contribution >= 0.6 is 0 Å². The highest BCUT2D eigenvalue weighted by Crippen LogP contribution is 2.33. The molecule has 8 nitrogen and oxygen atoms in total. The molecule has 2 amide bonds. The highest BCUT2D eigenvalue weighted by atomic mass is 19.4. The van der Waals surface area contributed by atoms with Crippen LogP contribution in [0.15, 0.2) is 71.3 Å². The van der Waals surface area contributed by atoms with Gasteiger partial charge in [-0.3, -0.25) is 9.59 Å². The molecule has 0 aliphatic carbocycles. The van der Waals surface area contributed by atoms with Gasteiger partial charge < -0.3 is 24.6 Å². The van der Waals surface area contributed by atoms with Crippen molar-refractivity contribution in [3.8, 4) is 0 Å². The Labute approximate surface area is 242 Å². The molecule has 0 spiro atoms. The third kappa shape index (κ3) is 7.58. The van der Waals surface area contributed by atoms with Gasteiger partial charge in [0.15, 0.2) is 5.76 Å². The number of halogens is 3. The largest absolute Gasteiger partial charge is 0.490 e. The summed E-state index contributed by atoms with van der Waals surface area (Å²) in [6, 6.07) is 19.5. The zero-order valence-corrected chi connectivity index (χ0v) is 23.4. The van der Waals surface area contributed by atoms with Crippen LogP contribution < -0.4 is 5.32 Å². The van der Waals surface area contributed by atoms with Gasteiger partial charge in [0.25, 0.3) is 11.8 Å². The number of nitrogens with one attached hydrogen (secondary N) is 1. The molecule has 224 valence electrons. The van der Waals surface area contributed by atoms with E-state index in [0.717, 1.165) is 61.4 Å². The molecule has 2 fully saturated rings. The number of carboxylic acids is 1. The molecule has 2 saturated heterocycles. The van der Waals surface area contributed by atoms with E-state index in [2.05, 4.69) is 27.2 Å². The van der Waals surface area contributed by atoms with Gasteiger partial charge in [-0.1, -0.05) is 48.5 Å². The average molecular weight is 586 g/mol. The maximum absolute atomic E-state index is 13.2. The molecule has 5 rings (SSSR count). The number of nitrogens with zero attached hydrogens (tertiary/aromatic N) is 2. The molecule has 11 heteroatoms. The first-order chi connectivity index (χ1) is 19.9. The first-order valence-electron chi connectivity index (χ1n) is 13.7. The Morgan fingerprint density at radius 1 is 0.929 bits per heavy atom. The van der Waals surface area contributed by atoms with Crippen molar-refractivity contribution in [3.05, 3.63) is 94.9 Å². The minimum atomic E-state index is -5.08. The molecule has 2 aliphatic heterocycles.